The van der Waals surface area contributed by atoms with Crippen molar-refractivity contribution in [2.45, 2.75) is 6.61 Å². The molecule has 2 heterocycles. The minimum atomic E-state index is -0.637. The predicted octanol–water partition coefficient (Wildman–Crippen LogP) is 3.82. The smallest absolute Gasteiger partial charge is 0.375 e. The Kier molecular flexibility index (Phi) is 5.75. The average Bonchev–Trinajstić information content (AvgIpc) is 3.28. The molecule has 4 aromatic rings. The standard InChI is InChI=1S/C22H19N5O4/c1-29-17-10-6-5-9-16(17)24-22-26-18(25-21(23)27-22)13-31-20(28)19-15(11-12-30-19)14-7-3-2-4-8-14/h2-12H,13H2,1H3,(H3,23,24,25,26,27). The number of anilines is 3. The number of carbonyl (C=O) groups excluding carboxylic acids is 1. The topological polar surface area (TPSA) is 125 Å². The molecular weight excluding hydrogens is 398 g/mol. The van der Waals surface area contributed by atoms with E-state index in [9.17, 15) is 4.79 Å². The number of esters is 1. The summed E-state index contributed by atoms with van der Waals surface area (Å²) in [6.07, 6.45) is 1.44. The summed E-state index contributed by atoms with van der Waals surface area (Å²) in [4.78, 5) is 24.9. The fourth-order valence-electron chi connectivity index (χ4n) is 2.93. The molecule has 9 nitrogen and oxygen atoms in total. The van der Waals surface area contributed by atoms with E-state index in [0.29, 0.717) is 17.0 Å². The molecule has 156 valence electrons. The number of hydrogen-bond acceptors (Lipinski definition) is 9. The van der Waals surface area contributed by atoms with Crippen LogP contribution in [0.25, 0.3) is 11.1 Å². The second kappa shape index (κ2) is 8.95. The van der Waals surface area contributed by atoms with Gasteiger partial charge in [-0.25, -0.2) is 4.79 Å². The molecule has 0 aliphatic rings. The molecule has 0 radical (unpaired) electrons. The lowest BCUT2D eigenvalue weighted by atomic mass is 10.1. The van der Waals surface area contributed by atoms with Gasteiger partial charge < -0.3 is 24.9 Å². The molecule has 0 unspecified atom stereocenters. The fourth-order valence-corrected chi connectivity index (χ4v) is 2.93. The van der Waals surface area contributed by atoms with Crippen molar-refractivity contribution >= 4 is 23.6 Å². The van der Waals surface area contributed by atoms with Gasteiger partial charge >= 0.3 is 5.97 Å². The molecule has 0 aliphatic carbocycles. The second-order valence-corrected chi connectivity index (χ2v) is 6.36. The van der Waals surface area contributed by atoms with E-state index in [1.54, 1.807) is 25.3 Å². The van der Waals surface area contributed by atoms with Crippen molar-refractivity contribution in [1.29, 1.82) is 0 Å². The quantitative estimate of drug-likeness (QED) is 0.432. The molecule has 2 aromatic carbocycles. The highest BCUT2D eigenvalue weighted by atomic mass is 16.5. The lowest BCUT2D eigenvalue weighted by molar-refractivity contribution is 0.0427. The van der Waals surface area contributed by atoms with E-state index in [-0.39, 0.29) is 30.1 Å². The highest BCUT2D eigenvalue weighted by Crippen LogP contribution is 2.27. The Labute approximate surface area is 177 Å². The first-order valence-corrected chi connectivity index (χ1v) is 9.34. The van der Waals surface area contributed by atoms with Gasteiger partial charge in [0.1, 0.15) is 5.75 Å². The van der Waals surface area contributed by atoms with Crippen LogP contribution in [0.3, 0.4) is 0 Å². The van der Waals surface area contributed by atoms with Crippen LogP contribution in [0.15, 0.2) is 71.3 Å². The van der Waals surface area contributed by atoms with E-state index in [4.69, 9.17) is 19.6 Å². The number of methoxy groups -OCH3 is 1. The van der Waals surface area contributed by atoms with E-state index < -0.39 is 5.97 Å². The Bertz CT molecular complexity index is 1190. The molecule has 0 amide bonds. The van der Waals surface area contributed by atoms with Crippen molar-refractivity contribution in [2.24, 2.45) is 0 Å². The molecule has 4 rings (SSSR count). The Morgan fingerprint density at radius 1 is 1.03 bits per heavy atom. The van der Waals surface area contributed by atoms with E-state index in [1.165, 1.54) is 6.26 Å². The van der Waals surface area contributed by atoms with Gasteiger partial charge in [0.2, 0.25) is 17.7 Å². The van der Waals surface area contributed by atoms with Gasteiger partial charge in [-0.2, -0.15) is 15.0 Å². The van der Waals surface area contributed by atoms with Crippen LogP contribution in [0.5, 0.6) is 5.75 Å². The summed E-state index contributed by atoms with van der Waals surface area (Å²) in [5, 5.41) is 3.02. The van der Waals surface area contributed by atoms with Crippen LogP contribution in [0.1, 0.15) is 16.4 Å². The number of furan rings is 1. The largest absolute Gasteiger partial charge is 0.495 e. The zero-order valence-corrected chi connectivity index (χ0v) is 16.6. The fraction of sp³-hybridized carbons (Fsp3) is 0.0909. The van der Waals surface area contributed by atoms with Crippen LogP contribution in [-0.4, -0.2) is 28.0 Å². The number of nitrogen functional groups attached to an aromatic ring is 1. The number of para-hydroxylation sites is 2. The summed E-state index contributed by atoms with van der Waals surface area (Å²) < 4.78 is 16.0. The van der Waals surface area contributed by atoms with Gasteiger partial charge in [0.05, 0.1) is 19.1 Å². The molecule has 0 fully saturated rings. The van der Waals surface area contributed by atoms with Crippen LogP contribution >= 0.6 is 0 Å². The second-order valence-electron chi connectivity index (χ2n) is 6.36. The Morgan fingerprint density at radius 3 is 2.61 bits per heavy atom. The molecule has 0 saturated carbocycles. The van der Waals surface area contributed by atoms with E-state index in [0.717, 1.165) is 5.56 Å². The van der Waals surface area contributed by atoms with Crippen molar-refractivity contribution in [1.82, 2.24) is 15.0 Å². The number of benzene rings is 2. The van der Waals surface area contributed by atoms with Crippen LogP contribution in [0.4, 0.5) is 17.6 Å². The van der Waals surface area contributed by atoms with Crippen LogP contribution in [0.2, 0.25) is 0 Å². The maximum Gasteiger partial charge on any atom is 0.375 e. The van der Waals surface area contributed by atoms with Crippen molar-refractivity contribution in [3.8, 4) is 16.9 Å². The molecule has 31 heavy (non-hydrogen) atoms. The van der Waals surface area contributed by atoms with Gasteiger partial charge in [-0.1, -0.05) is 42.5 Å². The van der Waals surface area contributed by atoms with E-state index >= 15 is 0 Å². The average molecular weight is 417 g/mol. The van der Waals surface area contributed by atoms with Crippen LogP contribution in [0, 0.1) is 0 Å². The lowest BCUT2D eigenvalue weighted by Crippen LogP contribution is -2.11. The van der Waals surface area contributed by atoms with Crippen molar-refractivity contribution < 1.29 is 18.7 Å². The maximum absolute atomic E-state index is 12.6. The van der Waals surface area contributed by atoms with Gasteiger partial charge in [-0.05, 0) is 23.8 Å². The zero-order valence-electron chi connectivity index (χ0n) is 16.6. The normalized spacial score (nSPS) is 10.5. The van der Waals surface area contributed by atoms with Gasteiger partial charge in [-0.3, -0.25) is 0 Å². The molecule has 9 heteroatoms. The van der Waals surface area contributed by atoms with Crippen LogP contribution in [-0.2, 0) is 11.3 Å². The summed E-state index contributed by atoms with van der Waals surface area (Å²) in [6, 6.07) is 18.4. The number of nitrogens with two attached hydrogens (primary N) is 1. The summed E-state index contributed by atoms with van der Waals surface area (Å²) in [6.45, 7) is -0.207. The highest BCUT2D eigenvalue weighted by Gasteiger charge is 2.19. The molecule has 0 bridgehead atoms. The first-order valence-electron chi connectivity index (χ1n) is 9.34. The van der Waals surface area contributed by atoms with Crippen molar-refractivity contribution in [3.05, 3.63) is 78.5 Å². The van der Waals surface area contributed by atoms with Crippen molar-refractivity contribution in [2.75, 3.05) is 18.2 Å². The van der Waals surface area contributed by atoms with Crippen molar-refractivity contribution in [3.63, 3.8) is 0 Å². The number of rotatable bonds is 7. The predicted molar refractivity (Wildman–Crippen MR) is 114 cm³/mol. The Balaban J connectivity index is 1.48. The first kappa shape index (κ1) is 19.9. The molecule has 3 N–H and O–H groups in total. The lowest BCUT2D eigenvalue weighted by Gasteiger charge is -2.10. The van der Waals surface area contributed by atoms with Gasteiger partial charge in [-0.15, -0.1) is 0 Å². The number of carbonyl (C=O) groups is 1. The third kappa shape index (κ3) is 4.61. The number of nitrogens with one attached hydrogen (secondary N) is 1. The summed E-state index contributed by atoms with van der Waals surface area (Å²) in [5.74, 6) is 0.446. The third-order valence-corrected chi connectivity index (χ3v) is 4.32. The third-order valence-electron chi connectivity index (χ3n) is 4.32. The molecule has 2 aromatic heterocycles. The minimum absolute atomic E-state index is 0.0126. The Hall–Kier alpha value is -4.40. The number of aromatic nitrogens is 3. The molecule has 0 saturated heterocycles. The van der Waals surface area contributed by atoms with Gasteiger partial charge in [0, 0.05) is 5.56 Å². The maximum atomic E-state index is 12.6. The number of hydrogen-bond donors (Lipinski definition) is 2. The molecular formula is C22H19N5O4. The van der Waals surface area contributed by atoms with Gasteiger partial charge in [0.15, 0.2) is 12.4 Å². The Morgan fingerprint density at radius 2 is 1.81 bits per heavy atom. The first-order chi connectivity index (χ1) is 15.1. The molecule has 0 aliphatic heterocycles. The SMILES string of the molecule is COc1ccccc1Nc1nc(N)nc(COC(=O)c2occc2-c2ccccc2)n1. The van der Waals surface area contributed by atoms with E-state index in [1.807, 2.05) is 42.5 Å². The zero-order chi connectivity index (χ0) is 21.6. The summed E-state index contributed by atoms with van der Waals surface area (Å²) in [7, 11) is 1.56. The van der Waals surface area contributed by atoms with E-state index in [2.05, 4.69) is 20.3 Å². The number of nitrogens with zero attached hydrogens (tertiary/aromatic N) is 3. The number of ether oxygens (including phenoxy) is 2. The summed E-state index contributed by atoms with van der Waals surface area (Å²) >= 11 is 0. The molecule has 0 spiro atoms. The monoisotopic (exact) mass is 417 g/mol. The minimum Gasteiger partial charge on any atom is -0.495 e. The van der Waals surface area contributed by atoms with Gasteiger partial charge in [0.25, 0.3) is 0 Å². The highest BCUT2D eigenvalue weighted by molar-refractivity contribution is 5.94. The van der Waals surface area contributed by atoms with Crippen LogP contribution < -0.4 is 15.8 Å². The molecule has 0 atom stereocenters. The summed E-state index contributed by atoms with van der Waals surface area (Å²) in [5.41, 5.74) is 7.93.